The van der Waals surface area contributed by atoms with E-state index in [1.165, 1.54) is 19.2 Å². The van der Waals surface area contributed by atoms with E-state index in [1.54, 1.807) is 18.2 Å². The molecule has 1 aromatic carbocycles. The number of carboxylic acids is 1. The van der Waals surface area contributed by atoms with E-state index < -0.39 is 18.2 Å². The predicted octanol–water partition coefficient (Wildman–Crippen LogP) is 1.58. The first-order valence-corrected chi connectivity index (χ1v) is 4.07. The number of benzene rings is 1. The van der Waals surface area contributed by atoms with Crippen LogP contribution in [0, 0.1) is 0 Å². The molecule has 0 heterocycles. The van der Waals surface area contributed by atoms with E-state index in [2.05, 4.69) is 0 Å². The Balaban J connectivity index is 3.18. The molecule has 0 amide bonds. The monoisotopic (exact) mass is 198 g/mol. The molecule has 0 saturated heterocycles. The van der Waals surface area contributed by atoms with Gasteiger partial charge in [-0.25, -0.2) is 9.18 Å². The summed E-state index contributed by atoms with van der Waals surface area (Å²) in [4.78, 5) is 10.9. The molecule has 1 aromatic rings. The highest BCUT2D eigenvalue weighted by molar-refractivity contribution is 5.79. The average molecular weight is 198 g/mol. The zero-order valence-corrected chi connectivity index (χ0v) is 7.74. The summed E-state index contributed by atoms with van der Waals surface area (Å²) in [5.41, 5.74) is -1.57. The Morgan fingerprint density at radius 3 is 2.43 bits per heavy atom. The summed E-state index contributed by atoms with van der Waals surface area (Å²) in [6, 6.07) is 8.06. The van der Waals surface area contributed by atoms with Gasteiger partial charge in [0.15, 0.2) is 0 Å². The van der Waals surface area contributed by atoms with E-state index >= 15 is 0 Å². The summed E-state index contributed by atoms with van der Waals surface area (Å²) in [5, 5.41) is 8.91. The Bertz CT molecular complexity index is 306. The molecule has 0 spiro atoms. The SMILES string of the molecule is CO[C@@](CF)(C(=O)O)c1ccccc1. The Morgan fingerprint density at radius 1 is 1.50 bits per heavy atom. The first-order chi connectivity index (χ1) is 6.67. The number of hydrogen-bond acceptors (Lipinski definition) is 2. The maximum absolute atomic E-state index is 12.7. The zero-order chi connectivity index (χ0) is 10.6. The van der Waals surface area contributed by atoms with Crippen LogP contribution in [0.4, 0.5) is 4.39 Å². The van der Waals surface area contributed by atoms with Crippen LogP contribution in [-0.2, 0) is 15.1 Å². The maximum Gasteiger partial charge on any atom is 0.343 e. The highest BCUT2D eigenvalue weighted by Crippen LogP contribution is 2.25. The third kappa shape index (κ3) is 1.61. The second-order valence-electron chi connectivity index (χ2n) is 2.84. The molecule has 3 nitrogen and oxygen atoms in total. The molecule has 76 valence electrons. The van der Waals surface area contributed by atoms with Gasteiger partial charge >= 0.3 is 5.97 Å². The van der Waals surface area contributed by atoms with E-state index in [9.17, 15) is 9.18 Å². The standard InChI is InChI=1S/C10H11FO3/c1-14-10(7-11,9(12)13)8-5-3-2-4-6-8/h2-6H,7H2,1H3,(H,12,13)/t10-/m1/s1. The zero-order valence-electron chi connectivity index (χ0n) is 7.74. The van der Waals surface area contributed by atoms with Gasteiger partial charge in [0.05, 0.1) is 0 Å². The summed E-state index contributed by atoms with van der Waals surface area (Å²) in [5.74, 6) is -1.33. The lowest BCUT2D eigenvalue weighted by molar-refractivity contribution is -0.166. The van der Waals surface area contributed by atoms with E-state index in [4.69, 9.17) is 9.84 Å². The fourth-order valence-electron chi connectivity index (χ4n) is 1.22. The molecule has 1 N–H and O–H groups in total. The summed E-state index contributed by atoms with van der Waals surface area (Å²) >= 11 is 0. The van der Waals surface area contributed by atoms with Gasteiger partial charge in [-0.05, 0) is 5.56 Å². The van der Waals surface area contributed by atoms with Gasteiger partial charge in [-0.2, -0.15) is 0 Å². The van der Waals surface area contributed by atoms with E-state index in [1.807, 2.05) is 0 Å². The first-order valence-electron chi connectivity index (χ1n) is 4.07. The topological polar surface area (TPSA) is 46.5 Å². The van der Waals surface area contributed by atoms with Crippen molar-refractivity contribution in [3.05, 3.63) is 35.9 Å². The molecule has 1 rings (SSSR count). The van der Waals surface area contributed by atoms with Crippen molar-refractivity contribution in [2.45, 2.75) is 5.60 Å². The molecule has 0 bridgehead atoms. The lowest BCUT2D eigenvalue weighted by atomic mass is 9.95. The third-order valence-electron chi connectivity index (χ3n) is 2.12. The first kappa shape index (κ1) is 10.7. The number of carbonyl (C=O) groups is 1. The van der Waals surface area contributed by atoms with Gasteiger partial charge in [-0.15, -0.1) is 0 Å². The quantitative estimate of drug-likeness (QED) is 0.799. The number of halogens is 1. The highest BCUT2D eigenvalue weighted by Gasteiger charge is 2.40. The van der Waals surface area contributed by atoms with E-state index in [-0.39, 0.29) is 0 Å². The Labute approximate surface area is 81.1 Å². The van der Waals surface area contributed by atoms with Crippen LogP contribution in [0.15, 0.2) is 30.3 Å². The van der Waals surface area contributed by atoms with Crippen LogP contribution in [0.5, 0.6) is 0 Å². The number of aliphatic carboxylic acids is 1. The Morgan fingerprint density at radius 2 is 2.07 bits per heavy atom. The van der Waals surface area contributed by atoms with E-state index in [0.29, 0.717) is 5.56 Å². The molecule has 0 radical (unpaired) electrons. The third-order valence-corrected chi connectivity index (χ3v) is 2.12. The van der Waals surface area contributed by atoms with Gasteiger partial charge in [-0.3, -0.25) is 0 Å². The molecule has 14 heavy (non-hydrogen) atoms. The smallest absolute Gasteiger partial charge is 0.343 e. The van der Waals surface area contributed by atoms with Crippen molar-refractivity contribution in [3.8, 4) is 0 Å². The van der Waals surface area contributed by atoms with E-state index in [0.717, 1.165) is 0 Å². The van der Waals surface area contributed by atoms with Crippen molar-refractivity contribution in [2.24, 2.45) is 0 Å². The number of alkyl halides is 1. The summed E-state index contributed by atoms with van der Waals surface area (Å²) in [6.45, 7) is -1.09. The van der Waals surface area contributed by atoms with Crippen LogP contribution < -0.4 is 0 Å². The van der Waals surface area contributed by atoms with Crippen molar-refractivity contribution >= 4 is 5.97 Å². The highest BCUT2D eigenvalue weighted by atomic mass is 19.1. The minimum atomic E-state index is -1.87. The average Bonchev–Trinajstić information content (AvgIpc) is 2.22. The summed E-state index contributed by atoms with van der Waals surface area (Å²) in [6.07, 6.45) is 0. The van der Waals surface area contributed by atoms with Gasteiger partial charge in [0.2, 0.25) is 5.60 Å². The Kier molecular flexibility index (Phi) is 3.19. The van der Waals surface area contributed by atoms with Crippen LogP contribution in [0.1, 0.15) is 5.56 Å². The number of carboxylic acid groups (broad SMARTS) is 1. The molecule has 0 unspecified atom stereocenters. The van der Waals surface area contributed by atoms with Crippen LogP contribution in [0.3, 0.4) is 0 Å². The van der Waals surface area contributed by atoms with Crippen molar-refractivity contribution in [2.75, 3.05) is 13.8 Å². The molecule has 4 heteroatoms. The van der Waals surface area contributed by atoms with Gasteiger partial charge in [0, 0.05) is 7.11 Å². The second kappa shape index (κ2) is 4.19. The van der Waals surface area contributed by atoms with Crippen molar-refractivity contribution < 1.29 is 19.0 Å². The number of ether oxygens (including phenoxy) is 1. The largest absolute Gasteiger partial charge is 0.479 e. The predicted molar refractivity (Wildman–Crippen MR) is 48.7 cm³/mol. The van der Waals surface area contributed by atoms with Crippen LogP contribution in [-0.4, -0.2) is 24.9 Å². The number of methoxy groups -OCH3 is 1. The van der Waals surface area contributed by atoms with Crippen LogP contribution >= 0.6 is 0 Å². The fourth-order valence-corrected chi connectivity index (χ4v) is 1.22. The van der Waals surface area contributed by atoms with Gasteiger partial charge in [0.1, 0.15) is 6.67 Å². The second-order valence-corrected chi connectivity index (χ2v) is 2.84. The molecule has 1 atom stereocenters. The lowest BCUT2D eigenvalue weighted by Gasteiger charge is -2.24. The summed E-state index contributed by atoms with van der Waals surface area (Å²) in [7, 11) is 1.18. The molecule has 0 aromatic heterocycles. The van der Waals surface area contributed by atoms with Crippen molar-refractivity contribution in [1.29, 1.82) is 0 Å². The molecule has 0 saturated carbocycles. The molecule has 0 fully saturated rings. The van der Waals surface area contributed by atoms with Crippen LogP contribution in [0.25, 0.3) is 0 Å². The van der Waals surface area contributed by atoms with Crippen molar-refractivity contribution in [1.82, 2.24) is 0 Å². The minimum absolute atomic E-state index is 0.303. The minimum Gasteiger partial charge on any atom is -0.479 e. The van der Waals surface area contributed by atoms with Gasteiger partial charge in [-0.1, -0.05) is 30.3 Å². The van der Waals surface area contributed by atoms with Crippen LogP contribution in [0.2, 0.25) is 0 Å². The maximum atomic E-state index is 12.7. The molecule has 0 aliphatic carbocycles. The lowest BCUT2D eigenvalue weighted by Crippen LogP contribution is -2.39. The van der Waals surface area contributed by atoms with Gasteiger partial charge < -0.3 is 9.84 Å². The number of rotatable bonds is 4. The molecular formula is C10H11FO3. The molecule has 0 aliphatic rings. The fraction of sp³-hybridized carbons (Fsp3) is 0.300. The summed E-state index contributed by atoms with van der Waals surface area (Å²) < 4.78 is 17.5. The van der Waals surface area contributed by atoms with Gasteiger partial charge in [0.25, 0.3) is 0 Å². The van der Waals surface area contributed by atoms with Crippen molar-refractivity contribution in [3.63, 3.8) is 0 Å². The Hall–Kier alpha value is -1.42. The normalized spacial score (nSPS) is 14.7. The number of hydrogen-bond donors (Lipinski definition) is 1. The molecular weight excluding hydrogens is 187 g/mol. The molecule has 0 aliphatic heterocycles.